The zero-order chi connectivity index (χ0) is 19.7. The summed E-state index contributed by atoms with van der Waals surface area (Å²) in [6.07, 6.45) is 0. The van der Waals surface area contributed by atoms with Gasteiger partial charge < -0.3 is 24.8 Å². The molecule has 1 aromatic carbocycles. The van der Waals surface area contributed by atoms with Gasteiger partial charge in [0.2, 0.25) is 11.7 Å². The summed E-state index contributed by atoms with van der Waals surface area (Å²) >= 11 is 6.04. The zero-order valence-electron chi connectivity index (χ0n) is 14.7. The second-order valence-electron chi connectivity index (χ2n) is 5.48. The molecule has 0 fully saturated rings. The maximum atomic E-state index is 12.1. The molecule has 0 radical (unpaired) electrons. The number of ether oxygens (including phenoxy) is 2. The lowest BCUT2D eigenvalue weighted by Gasteiger charge is -2.11. The summed E-state index contributed by atoms with van der Waals surface area (Å²) < 4.78 is 10.3. The molecule has 0 bridgehead atoms. The van der Waals surface area contributed by atoms with Crippen molar-refractivity contribution in [2.75, 3.05) is 39.2 Å². The van der Waals surface area contributed by atoms with Gasteiger partial charge in [-0.15, -0.1) is 0 Å². The minimum Gasteiger partial charge on any atom is -0.481 e. The van der Waals surface area contributed by atoms with E-state index in [1.807, 2.05) is 19.0 Å². The number of anilines is 1. The van der Waals surface area contributed by atoms with E-state index in [1.54, 1.807) is 24.3 Å². The number of rotatable bonds is 6. The quantitative estimate of drug-likeness (QED) is 0.564. The summed E-state index contributed by atoms with van der Waals surface area (Å²) in [5.74, 6) is -1.86. The lowest BCUT2D eigenvalue weighted by atomic mass is 10.2. The lowest BCUT2D eigenvalue weighted by Crippen LogP contribution is -2.23. The predicted molar refractivity (Wildman–Crippen MR) is 95.9 cm³/mol. The SMILES string of the molecule is CC(=O)O.CN(C)CCOC(=O)C1=C(Nc2ccccc2Cl)OCC1=O. The monoisotopic (exact) mass is 384 g/mol. The first-order valence-corrected chi connectivity index (χ1v) is 8.03. The van der Waals surface area contributed by atoms with Crippen molar-refractivity contribution < 1.29 is 29.0 Å². The molecule has 1 aliphatic heterocycles. The molecule has 0 spiro atoms. The Bertz CT molecular complexity index is 698. The van der Waals surface area contributed by atoms with Gasteiger partial charge in [-0.05, 0) is 26.2 Å². The van der Waals surface area contributed by atoms with E-state index < -0.39 is 17.7 Å². The highest BCUT2D eigenvalue weighted by Gasteiger charge is 2.32. The van der Waals surface area contributed by atoms with E-state index in [4.69, 9.17) is 31.0 Å². The molecule has 2 N–H and O–H groups in total. The Labute approximate surface area is 156 Å². The number of nitrogens with zero attached hydrogens (tertiary/aromatic N) is 1. The van der Waals surface area contributed by atoms with Gasteiger partial charge in [0, 0.05) is 13.5 Å². The summed E-state index contributed by atoms with van der Waals surface area (Å²) in [6, 6.07) is 6.96. The number of benzene rings is 1. The third-order valence-corrected chi connectivity index (χ3v) is 3.28. The van der Waals surface area contributed by atoms with Crippen molar-refractivity contribution in [1.29, 1.82) is 0 Å². The number of halogens is 1. The third-order valence-electron chi connectivity index (χ3n) is 2.95. The Morgan fingerprint density at radius 2 is 1.96 bits per heavy atom. The first-order valence-electron chi connectivity index (χ1n) is 7.65. The second kappa shape index (κ2) is 10.4. The normalized spacial score (nSPS) is 13.0. The standard InChI is InChI=1S/C15H17ClN2O4.C2H4O2/c1-18(2)7-8-21-15(20)13-12(19)9-22-14(13)17-11-6-4-3-5-10(11)16;1-2(3)4/h3-6,17H,7-9H2,1-2H3;1H3,(H,3,4). The minimum atomic E-state index is -0.833. The molecule has 0 amide bonds. The van der Waals surface area contributed by atoms with Crippen LogP contribution in [0.2, 0.25) is 5.02 Å². The van der Waals surface area contributed by atoms with Gasteiger partial charge in [-0.3, -0.25) is 9.59 Å². The number of likely N-dealkylation sites (N-methyl/N-ethyl adjacent to an activating group) is 1. The molecule has 0 saturated heterocycles. The number of aliphatic carboxylic acids is 1. The Balaban J connectivity index is 0.000000765. The summed E-state index contributed by atoms with van der Waals surface area (Å²) in [7, 11) is 3.72. The van der Waals surface area contributed by atoms with E-state index in [0.29, 0.717) is 17.3 Å². The molecule has 1 aromatic rings. The fourth-order valence-electron chi connectivity index (χ4n) is 1.79. The number of carbonyl (C=O) groups excluding carboxylic acids is 2. The van der Waals surface area contributed by atoms with E-state index >= 15 is 0 Å². The van der Waals surface area contributed by atoms with E-state index in [0.717, 1.165) is 6.92 Å². The van der Waals surface area contributed by atoms with Crippen LogP contribution in [0.4, 0.5) is 5.69 Å². The molecule has 0 unspecified atom stereocenters. The predicted octanol–water partition coefficient (Wildman–Crippen LogP) is 1.76. The smallest absolute Gasteiger partial charge is 0.347 e. The highest BCUT2D eigenvalue weighted by atomic mass is 35.5. The average Bonchev–Trinajstić information content (AvgIpc) is 2.89. The van der Waals surface area contributed by atoms with Crippen LogP contribution in [-0.2, 0) is 23.9 Å². The number of Topliss-reactive ketones (excluding diaryl/α,β-unsaturated/α-hetero) is 1. The van der Waals surface area contributed by atoms with Gasteiger partial charge in [-0.2, -0.15) is 0 Å². The van der Waals surface area contributed by atoms with Crippen LogP contribution in [0, 0.1) is 0 Å². The van der Waals surface area contributed by atoms with Gasteiger partial charge in [-0.1, -0.05) is 23.7 Å². The number of carboxylic acids is 1. The number of hydrogen-bond acceptors (Lipinski definition) is 7. The van der Waals surface area contributed by atoms with Crippen molar-refractivity contribution in [3.05, 3.63) is 40.7 Å². The van der Waals surface area contributed by atoms with Crippen molar-refractivity contribution in [3.63, 3.8) is 0 Å². The van der Waals surface area contributed by atoms with Crippen molar-refractivity contribution in [3.8, 4) is 0 Å². The molecular formula is C17H21ClN2O6. The first kappa shape index (κ1) is 21.5. The third kappa shape index (κ3) is 7.12. The number of para-hydroxylation sites is 1. The maximum absolute atomic E-state index is 12.1. The number of hydrogen-bond donors (Lipinski definition) is 2. The molecule has 0 aromatic heterocycles. The summed E-state index contributed by atoms with van der Waals surface area (Å²) in [5, 5.41) is 10.7. The van der Waals surface area contributed by atoms with Gasteiger partial charge in [0.25, 0.3) is 5.97 Å². The van der Waals surface area contributed by atoms with Gasteiger partial charge in [0.15, 0.2) is 12.2 Å². The Morgan fingerprint density at radius 3 is 2.54 bits per heavy atom. The van der Waals surface area contributed by atoms with Crippen LogP contribution >= 0.6 is 11.6 Å². The van der Waals surface area contributed by atoms with Crippen LogP contribution in [0.25, 0.3) is 0 Å². The molecule has 0 aliphatic carbocycles. The van der Waals surface area contributed by atoms with Crippen LogP contribution in [0.1, 0.15) is 6.92 Å². The van der Waals surface area contributed by atoms with Crippen LogP contribution in [0.5, 0.6) is 0 Å². The molecule has 0 saturated carbocycles. The molecule has 142 valence electrons. The van der Waals surface area contributed by atoms with Crippen molar-refractivity contribution >= 4 is 35.0 Å². The fourth-order valence-corrected chi connectivity index (χ4v) is 1.97. The number of nitrogens with one attached hydrogen (secondary N) is 1. The van der Waals surface area contributed by atoms with Crippen molar-refractivity contribution in [1.82, 2.24) is 4.90 Å². The van der Waals surface area contributed by atoms with E-state index in [2.05, 4.69) is 5.32 Å². The molecule has 8 nitrogen and oxygen atoms in total. The second-order valence-corrected chi connectivity index (χ2v) is 5.89. The van der Waals surface area contributed by atoms with Crippen LogP contribution < -0.4 is 5.32 Å². The Morgan fingerprint density at radius 1 is 1.35 bits per heavy atom. The van der Waals surface area contributed by atoms with Crippen LogP contribution in [0.15, 0.2) is 35.7 Å². The molecule has 2 rings (SSSR count). The van der Waals surface area contributed by atoms with Gasteiger partial charge in [-0.25, -0.2) is 4.79 Å². The zero-order valence-corrected chi connectivity index (χ0v) is 15.5. The van der Waals surface area contributed by atoms with E-state index in [9.17, 15) is 9.59 Å². The summed E-state index contributed by atoms with van der Waals surface area (Å²) in [5.41, 5.74) is 0.436. The highest BCUT2D eigenvalue weighted by Crippen LogP contribution is 2.26. The average molecular weight is 385 g/mol. The molecule has 26 heavy (non-hydrogen) atoms. The Kier molecular flexibility index (Phi) is 8.60. The van der Waals surface area contributed by atoms with Gasteiger partial charge in [0.1, 0.15) is 6.61 Å². The largest absolute Gasteiger partial charge is 0.481 e. The van der Waals surface area contributed by atoms with Gasteiger partial charge >= 0.3 is 5.97 Å². The number of carboxylic acid groups (broad SMARTS) is 1. The molecular weight excluding hydrogens is 364 g/mol. The maximum Gasteiger partial charge on any atom is 0.347 e. The molecule has 1 aliphatic rings. The molecule has 1 heterocycles. The topological polar surface area (TPSA) is 105 Å². The van der Waals surface area contributed by atoms with Crippen molar-refractivity contribution in [2.45, 2.75) is 6.92 Å². The highest BCUT2D eigenvalue weighted by molar-refractivity contribution is 6.33. The number of carbonyl (C=O) groups is 3. The van der Waals surface area contributed by atoms with Crippen LogP contribution in [0.3, 0.4) is 0 Å². The number of esters is 1. The molecule has 0 atom stereocenters. The summed E-state index contributed by atoms with van der Waals surface area (Å²) in [4.78, 5) is 34.8. The number of ketones is 1. The fraction of sp³-hybridized carbons (Fsp3) is 0.353. The van der Waals surface area contributed by atoms with E-state index in [1.165, 1.54) is 0 Å². The minimum absolute atomic E-state index is 0.0768. The molecule has 9 heteroatoms. The van der Waals surface area contributed by atoms with Gasteiger partial charge in [0.05, 0.1) is 10.7 Å². The van der Waals surface area contributed by atoms with E-state index in [-0.39, 0.29) is 24.7 Å². The van der Waals surface area contributed by atoms with Crippen molar-refractivity contribution in [2.24, 2.45) is 0 Å². The first-order chi connectivity index (χ1) is 12.2. The summed E-state index contributed by atoms with van der Waals surface area (Å²) in [6.45, 7) is 1.66. The van der Waals surface area contributed by atoms with Crippen LogP contribution in [-0.4, -0.2) is 61.6 Å². The lowest BCUT2D eigenvalue weighted by molar-refractivity contribution is -0.140. The Hall–Kier alpha value is -2.58.